The lowest BCUT2D eigenvalue weighted by molar-refractivity contribution is 0.130. The molecule has 96 valence electrons. The number of unbranched alkanes of at least 4 members (excludes halogenated alkanes) is 1. The summed E-state index contributed by atoms with van der Waals surface area (Å²) in [5, 5.41) is 0. The molecule has 0 aromatic heterocycles. The average Bonchev–Trinajstić information content (AvgIpc) is 2.14. The predicted molar refractivity (Wildman–Crippen MR) is 68.9 cm³/mol. The Morgan fingerprint density at radius 1 is 1.38 bits per heavy atom. The van der Waals surface area contributed by atoms with Crippen LogP contribution in [0.1, 0.15) is 26.2 Å². The van der Waals surface area contributed by atoms with Gasteiger partial charge in [-0.25, -0.2) is 13.1 Å². The normalized spacial score (nSPS) is 11.6. The molecule has 0 rings (SSSR count). The summed E-state index contributed by atoms with van der Waals surface area (Å²) >= 11 is 4.53. The average molecular weight is 268 g/mol. The molecular weight excluding hydrogens is 248 g/mol. The van der Waals surface area contributed by atoms with Crippen molar-refractivity contribution in [3.63, 3.8) is 0 Å². The maximum Gasteiger partial charge on any atom is 0.218 e. The van der Waals surface area contributed by atoms with Gasteiger partial charge in [0, 0.05) is 19.8 Å². The second-order valence-electron chi connectivity index (χ2n) is 3.44. The fourth-order valence-electron chi connectivity index (χ4n) is 0.989. The number of rotatable bonds is 10. The van der Waals surface area contributed by atoms with E-state index in [1.807, 2.05) is 0 Å². The van der Waals surface area contributed by atoms with E-state index in [2.05, 4.69) is 23.9 Å². The minimum atomic E-state index is -3.35. The Balaban J connectivity index is 3.47. The smallest absolute Gasteiger partial charge is 0.218 e. The minimum Gasteiger partial charge on any atom is -0.392 e. The molecule has 0 aromatic rings. The Bertz CT molecular complexity index is 291. The number of hydrogen-bond acceptors (Lipinski definition) is 4. The third-order valence-corrected chi connectivity index (χ3v) is 3.42. The van der Waals surface area contributed by atoms with Crippen molar-refractivity contribution in [2.45, 2.75) is 26.2 Å². The summed E-state index contributed by atoms with van der Waals surface area (Å²) in [5.74, 6) is -0.293. The Kier molecular flexibility index (Phi) is 8.73. The highest BCUT2D eigenvalue weighted by atomic mass is 32.2. The van der Waals surface area contributed by atoms with E-state index in [-0.39, 0.29) is 10.7 Å². The van der Waals surface area contributed by atoms with Crippen molar-refractivity contribution in [2.75, 3.05) is 25.5 Å². The van der Waals surface area contributed by atoms with Gasteiger partial charge < -0.3 is 10.5 Å². The van der Waals surface area contributed by atoms with Gasteiger partial charge in [-0.3, -0.25) is 0 Å². The van der Waals surface area contributed by atoms with Crippen molar-refractivity contribution in [3.8, 4) is 0 Å². The van der Waals surface area contributed by atoms with Gasteiger partial charge in [0.1, 0.15) is 5.75 Å². The molecule has 0 spiro atoms. The molecule has 0 amide bonds. The summed E-state index contributed by atoms with van der Waals surface area (Å²) in [7, 11) is -3.35. The van der Waals surface area contributed by atoms with Crippen molar-refractivity contribution in [1.29, 1.82) is 0 Å². The van der Waals surface area contributed by atoms with Gasteiger partial charge in [-0.1, -0.05) is 25.6 Å². The highest BCUT2D eigenvalue weighted by Gasteiger charge is 2.10. The second kappa shape index (κ2) is 8.86. The fourth-order valence-corrected chi connectivity index (χ4v) is 2.39. The molecule has 0 fully saturated rings. The van der Waals surface area contributed by atoms with Gasteiger partial charge in [0.25, 0.3) is 0 Å². The highest BCUT2D eigenvalue weighted by Crippen LogP contribution is 1.90. The Morgan fingerprint density at radius 3 is 2.56 bits per heavy atom. The van der Waals surface area contributed by atoms with Crippen molar-refractivity contribution in [3.05, 3.63) is 0 Å². The molecule has 0 aromatic carbocycles. The van der Waals surface area contributed by atoms with Gasteiger partial charge in [0.15, 0.2) is 0 Å². The van der Waals surface area contributed by atoms with E-state index in [1.165, 1.54) is 0 Å². The van der Waals surface area contributed by atoms with Crippen molar-refractivity contribution in [2.24, 2.45) is 5.73 Å². The molecule has 0 aliphatic rings. The first kappa shape index (κ1) is 15.8. The molecule has 5 nitrogen and oxygen atoms in total. The first-order valence-corrected chi connectivity index (χ1v) is 7.37. The molecule has 0 atom stereocenters. The number of sulfonamides is 1. The van der Waals surface area contributed by atoms with E-state index in [4.69, 9.17) is 10.5 Å². The van der Waals surface area contributed by atoms with Crippen LogP contribution in [0.3, 0.4) is 0 Å². The highest BCUT2D eigenvalue weighted by molar-refractivity contribution is 7.92. The molecule has 0 radical (unpaired) electrons. The third-order valence-electron chi connectivity index (χ3n) is 1.76. The SMILES string of the molecule is CCCCOCCCNS(=O)(=O)CC(N)=S. The van der Waals surface area contributed by atoms with E-state index in [1.54, 1.807) is 0 Å². The summed E-state index contributed by atoms with van der Waals surface area (Å²) in [6, 6.07) is 0. The lowest BCUT2D eigenvalue weighted by Crippen LogP contribution is -2.33. The summed E-state index contributed by atoms with van der Waals surface area (Å²) in [4.78, 5) is -0.0216. The van der Waals surface area contributed by atoms with Gasteiger partial charge in [-0.15, -0.1) is 0 Å². The summed E-state index contributed by atoms with van der Waals surface area (Å²) in [6.45, 7) is 3.75. The van der Waals surface area contributed by atoms with Crippen LogP contribution in [0.15, 0.2) is 0 Å². The lowest BCUT2D eigenvalue weighted by Gasteiger charge is -2.06. The molecule has 0 aliphatic carbocycles. The number of thiocarbonyl (C=S) groups is 1. The van der Waals surface area contributed by atoms with Crippen molar-refractivity contribution < 1.29 is 13.2 Å². The largest absolute Gasteiger partial charge is 0.392 e. The molecular formula is C9H20N2O3S2. The van der Waals surface area contributed by atoms with E-state index < -0.39 is 10.0 Å². The zero-order chi connectivity index (χ0) is 12.4. The zero-order valence-electron chi connectivity index (χ0n) is 9.57. The molecule has 16 heavy (non-hydrogen) atoms. The Labute approximate surface area is 103 Å². The van der Waals surface area contributed by atoms with E-state index in [0.29, 0.717) is 19.6 Å². The monoisotopic (exact) mass is 268 g/mol. The first-order valence-electron chi connectivity index (χ1n) is 5.31. The van der Waals surface area contributed by atoms with Crippen molar-refractivity contribution in [1.82, 2.24) is 4.72 Å². The topological polar surface area (TPSA) is 81.4 Å². The van der Waals surface area contributed by atoms with Gasteiger partial charge in [0.05, 0.1) is 4.99 Å². The van der Waals surface area contributed by atoms with Crippen LogP contribution in [-0.4, -0.2) is 38.9 Å². The van der Waals surface area contributed by atoms with E-state index in [9.17, 15) is 8.42 Å². The molecule has 0 saturated heterocycles. The summed E-state index contributed by atoms with van der Waals surface area (Å²) < 4.78 is 30.2. The maximum atomic E-state index is 11.3. The number of nitrogens with two attached hydrogens (primary N) is 1. The molecule has 0 bridgehead atoms. The van der Waals surface area contributed by atoms with Crippen molar-refractivity contribution >= 4 is 27.2 Å². The number of nitrogens with one attached hydrogen (secondary N) is 1. The van der Waals surface area contributed by atoms with Crippen LogP contribution in [0.5, 0.6) is 0 Å². The molecule has 0 aliphatic heterocycles. The van der Waals surface area contributed by atoms with Crippen LogP contribution < -0.4 is 10.5 Å². The van der Waals surface area contributed by atoms with Gasteiger partial charge >= 0.3 is 0 Å². The Hall–Kier alpha value is -0.240. The fraction of sp³-hybridized carbons (Fsp3) is 0.889. The molecule has 3 N–H and O–H groups in total. The summed E-state index contributed by atoms with van der Waals surface area (Å²) in [5.41, 5.74) is 5.15. The van der Waals surface area contributed by atoms with Crippen LogP contribution >= 0.6 is 12.2 Å². The van der Waals surface area contributed by atoms with E-state index in [0.717, 1.165) is 19.4 Å². The molecule has 0 heterocycles. The molecule has 7 heteroatoms. The second-order valence-corrected chi connectivity index (χ2v) is 5.77. The number of hydrogen-bond donors (Lipinski definition) is 2. The minimum absolute atomic E-state index is 0.0216. The van der Waals surface area contributed by atoms with Gasteiger partial charge in [-0.05, 0) is 12.8 Å². The van der Waals surface area contributed by atoms with E-state index >= 15 is 0 Å². The van der Waals surface area contributed by atoms with Crippen LogP contribution in [0.2, 0.25) is 0 Å². The standard InChI is InChI=1S/C9H20N2O3S2/c1-2-3-6-14-7-4-5-11-16(12,13)8-9(10)15/h11H,2-8H2,1H3,(H2,10,15). The molecule has 0 unspecified atom stereocenters. The van der Waals surface area contributed by atoms with Crippen LogP contribution in [-0.2, 0) is 14.8 Å². The van der Waals surface area contributed by atoms with Gasteiger partial charge in [-0.2, -0.15) is 0 Å². The van der Waals surface area contributed by atoms with Gasteiger partial charge in [0.2, 0.25) is 10.0 Å². The van der Waals surface area contributed by atoms with Crippen LogP contribution in [0.4, 0.5) is 0 Å². The van der Waals surface area contributed by atoms with Crippen LogP contribution in [0, 0.1) is 0 Å². The maximum absolute atomic E-state index is 11.3. The summed E-state index contributed by atoms with van der Waals surface area (Å²) in [6.07, 6.45) is 2.79. The molecule has 0 saturated carbocycles. The third kappa shape index (κ3) is 10.3. The van der Waals surface area contributed by atoms with Crippen LogP contribution in [0.25, 0.3) is 0 Å². The lowest BCUT2D eigenvalue weighted by atomic mass is 10.4. The quantitative estimate of drug-likeness (QED) is 0.443. The number of ether oxygens (including phenoxy) is 1. The first-order chi connectivity index (χ1) is 7.48. The Morgan fingerprint density at radius 2 is 2.00 bits per heavy atom. The zero-order valence-corrected chi connectivity index (χ0v) is 11.2. The predicted octanol–water partition coefficient (Wildman–Crippen LogP) is 0.399.